The van der Waals surface area contributed by atoms with Gasteiger partial charge >= 0.3 is 0 Å². The minimum atomic E-state index is -2.06. The molecule has 0 radical (unpaired) electrons. The van der Waals surface area contributed by atoms with Crippen molar-refractivity contribution in [3.8, 4) is 11.3 Å². The van der Waals surface area contributed by atoms with Gasteiger partial charge in [0.25, 0.3) is 0 Å². The Labute approximate surface area is 126 Å². The van der Waals surface area contributed by atoms with Crippen molar-refractivity contribution in [1.82, 2.24) is 0 Å². The van der Waals surface area contributed by atoms with E-state index in [4.69, 9.17) is 4.11 Å². The maximum atomic E-state index is 7.91. The SMILES string of the molecule is [2H]C([2H])([2H])c1c[n+](C)c(-c2ccccc2C)cc1C1CCCC1. The first kappa shape index (κ1) is 10.1. The molecular weight excluding hydrogens is 242 g/mol. The van der Waals surface area contributed by atoms with Crippen LogP contribution in [-0.2, 0) is 7.05 Å². The van der Waals surface area contributed by atoms with Gasteiger partial charge in [-0.05, 0) is 49.7 Å². The Balaban J connectivity index is 2.19. The first-order valence-electron chi connectivity index (χ1n) is 8.98. The molecule has 0 amide bonds. The number of rotatable bonds is 2. The molecule has 0 unspecified atom stereocenters. The van der Waals surface area contributed by atoms with Gasteiger partial charge in [0.05, 0.1) is 0 Å². The van der Waals surface area contributed by atoms with Gasteiger partial charge in [0.15, 0.2) is 6.20 Å². The quantitative estimate of drug-likeness (QED) is 0.709. The Morgan fingerprint density at radius 3 is 2.60 bits per heavy atom. The largest absolute Gasteiger partial charge is 0.212 e. The molecule has 1 heteroatoms. The molecule has 0 saturated heterocycles. The van der Waals surface area contributed by atoms with Crippen LogP contribution in [0.25, 0.3) is 11.3 Å². The van der Waals surface area contributed by atoms with E-state index in [0.717, 1.165) is 24.1 Å². The molecule has 1 aromatic carbocycles. The molecule has 3 rings (SSSR count). The van der Waals surface area contributed by atoms with Crippen LogP contribution in [0.5, 0.6) is 0 Å². The standard InChI is InChI=1S/C19H24N/c1-14-8-4-7-11-17(14)19-12-18(15(2)13-20(19)3)16-9-5-6-10-16/h4,7-8,11-13,16H,5-6,9-10H2,1-3H3/q+1/i2D3. The Bertz CT molecular complexity index is 713. The second-order valence-electron chi connectivity index (χ2n) is 5.93. The van der Waals surface area contributed by atoms with Crippen LogP contribution >= 0.6 is 0 Å². The zero-order chi connectivity index (χ0) is 16.6. The van der Waals surface area contributed by atoms with Crippen LogP contribution in [0.1, 0.15) is 52.4 Å². The smallest absolute Gasteiger partial charge is 0.201 e. The van der Waals surface area contributed by atoms with Gasteiger partial charge in [-0.25, -0.2) is 4.57 Å². The summed E-state index contributed by atoms with van der Waals surface area (Å²) in [4.78, 5) is 0. The van der Waals surface area contributed by atoms with Crippen LogP contribution in [0.4, 0.5) is 0 Å². The third-order valence-electron chi connectivity index (χ3n) is 4.52. The highest BCUT2D eigenvalue weighted by Gasteiger charge is 2.23. The van der Waals surface area contributed by atoms with E-state index in [1.807, 2.05) is 29.9 Å². The van der Waals surface area contributed by atoms with E-state index in [9.17, 15) is 0 Å². The summed E-state index contributed by atoms with van der Waals surface area (Å²) in [6.07, 6.45) is 6.42. The Kier molecular flexibility index (Phi) is 2.74. The summed E-state index contributed by atoms with van der Waals surface area (Å²) >= 11 is 0. The molecule has 0 bridgehead atoms. The number of benzene rings is 1. The molecule has 0 N–H and O–H groups in total. The van der Waals surface area contributed by atoms with Crippen LogP contribution in [0.2, 0.25) is 0 Å². The fraction of sp³-hybridized carbons (Fsp3) is 0.421. The van der Waals surface area contributed by atoms with Crippen LogP contribution in [-0.4, -0.2) is 0 Å². The lowest BCUT2D eigenvalue weighted by atomic mass is 9.92. The minimum Gasteiger partial charge on any atom is -0.201 e. The zero-order valence-electron chi connectivity index (χ0n) is 15.3. The number of pyridine rings is 1. The second-order valence-corrected chi connectivity index (χ2v) is 5.93. The van der Waals surface area contributed by atoms with E-state index < -0.39 is 6.85 Å². The lowest BCUT2D eigenvalue weighted by molar-refractivity contribution is -0.660. The summed E-state index contributed by atoms with van der Waals surface area (Å²) in [7, 11) is 1.94. The number of hydrogen-bond acceptors (Lipinski definition) is 0. The van der Waals surface area contributed by atoms with Crippen molar-refractivity contribution in [3.63, 3.8) is 0 Å². The summed E-state index contributed by atoms with van der Waals surface area (Å²) in [5.41, 5.74) is 5.02. The molecule has 1 aromatic heterocycles. The summed E-state index contributed by atoms with van der Waals surface area (Å²) in [6.45, 7) is 0.0438. The average Bonchev–Trinajstić information content (AvgIpc) is 3.01. The van der Waals surface area contributed by atoms with Crippen molar-refractivity contribution in [1.29, 1.82) is 0 Å². The van der Waals surface area contributed by atoms with Crippen LogP contribution < -0.4 is 4.57 Å². The van der Waals surface area contributed by atoms with Crippen LogP contribution in [0.3, 0.4) is 0 Å². The van der Waals surface area contributed by atoms with Gasteiger partial charge in [-0.1, -0.05) is 31.0 Å². The number of aromatic nitrogens is 1. The third-order valence-corrected chi connectivity index (χ3v) is 4.52. The lowest BCUT2D eigenvalue weighted by Gasteiger charge is -2.14. The van der Waals surface area contributed by atoms with Crippen molar-refractivity contribution in [2.75, 3.05) is 0 Å². The zero-order valence-corrected chi connectivity index (χ0v) is 12.3. The normalized spacial score (nSPS) is 18.6. The second kappa shape index (κ2) is 5.40. The van der Waals surface area contributed by atoms with Gasteiger partial charge < -0.3 is 0 Å². The lowest BCUT2D eigenvalue weighted by Crippen LogP contribution is -2.32. The van der Waals surface area contributed by atoms with E-state index >= 15 is 0 Å². The Hall–Kier alpha value is -1.63. The van der Waals surface area contributed by atoms with E-state index in [0.29, 0.717) is 11.5 Å². The fourth-order valence-corrected chi connectivity index (χ4v) is 3.37. The van der Waals surface area contributed by atoms with Crippen molar-refractivity contribution in [2.24, 2.45) is 7.05 Å². The molecule has 1 fully saturated rings. The molecule has 0 spiro atoms. The van der Waals surface area contributed by atoms with Gasteiger partial charge in [0, 0.05) is 21.3 Å². The summed E-state index contributed by atoms with van der Waals surface area (Å²) < 4.78 is 25.7. The molecule has 0 aliphatic heterocycles. The van der Waals surface area contributed by atoms with Crippen LogP contribution in [0, 0.1) is 13.8 Å². The van der Waals surface area contributed by atoms with Crippen molar-refractivity contribution >= 4 is 0 Å². The number of nitrogens with zero attached hydrogens (tertiary/aromatic N) is 1. The highest BCUT2D eigenvalue weighted by atomic mass is 14.9. The van der Waals surface area contributed by atoms with E-state index in [2.05, 4.69) is 25.1 Å². The first-order valence-corrected chi connectivity index (χ1v) is 7.48. The van der Waals surface area contributed by atoms with E-state index in [-0.39, 0.29) is 0 Å². The summed E-state index contributed by atoms with van der Waals surface area (Å²) in [5.74, 6) is 0.384. The summed E-state index contributed by atoms with van der Waals surface area (Å²) in [6, 6.07) is 10.4. The van der Waals surface area contributed by atoms with Crippen molar-refractivity contribution < 1.29 is 8.68 Å². The van der Waals surface area contributed by atoms with Crippen LogP contribution in [0.15, 0.2) is 36.5 Å². The van der Waals surface area contributed by atoms with Gasteiger partial charge in [0.2, 0.25) is 5.69 Å². The highest BCUT2D eigenvalue weighted by molar-refractivity contribution is 5.61. The molecule has 0 atom stereocenters. The first-order chi connectivity index (χ1) is 10.9. The predicted molar refractivity (Wildman–Crippen MR) is 83.7 cm³/mol. The third kappa shape index (κ3) is 2.37. The van der Waals surface area contributed by atoms with E-state index in [1.165, 1.54) is 24.0 Å². The fourth-order valence-electron chi connectivity index (χ4n) is 3.37. The highest BCUT2D eigenvalue weighted by Crippen LogP contribution is 2.36. The number of hydrogen-bond donors (Lipinski definition) is 0. The maximum absolute atomic E-state index is 7.91. The Morgan fingerprint density at radius 2 is 1.90 bits per heavy atom. The minimum absolute atomic E-state index is 0.384. The maximum Gasteiger partial charge on any atom is 0.212 e. The molecular formula is C19H24N+. The number of aryl methyl sites for hydroxylation is 3. The molecule has 2 aromatic rings. The van der Waals surface area contributed by atoms with Gasteiger partial charge in [-0.15, -0.1) is 0 Å². The van der Waals surface area contributed by atoms with E-state index in [1.54, 1.807) is 0 Å². The van der Waals surface area contributed by atoms with Crippen molar-refractivity contribution in [3.05, 3.63) is 53.2 Å². The molecule has 1 saturated carbocycles. The summed E-state index contributed by atoms with van der Waals surface area (Å²) in [5, 5.41) is 0. The van der Waals surface area contributed by atoms with Crippen molar-refractivity contribution in [2.45, 2.75) is 45.4 Å². The molecule has 1 aliphatic rings. The predicted octanol–water partition coefficient (Wildman–Crippen LogP) is 4.45. The molecule has 1 aliphatic carbocycles. The average molecular weight is 269 g/mol. The molecule has 20 heavy (non-hydrogen) atoms. The van der Waals surface area contributed by atoms with Gasteiger partial charge in [-0.2, -0.15) is 0 Å². The van der Waals surface area contributed by atoms with Gasteiger partial charge in [-0.3, -0.25) is 0 Å². The Morgan fingerprint density at radius 1 is 1.15 bits per heavy atom. The molecule has 104 valence electrons. The topological polar surface area (TPSA) is 3.88 Å². The monoisotopic (exact) mass is 269 g/mol. The molecule has 1 nitrogen and oxygen atoms in total. The van der Waals surface area contributed by atoms with Gasteiger partial charge in [0.1, 0.15) is 7.05 Å². The molecule has 1 heterocycles.